The summed E-state index contributed by atoms with van der Waals surface area (Å²) in [5.74, 6) is 1.57. The first-order valence-corrected chi connectivity index (χ1v) is 13.3. The third-order valence-corrected chi connectivity index (χ3v) is 7.26. The van der Waals surface area contributed by atoms with Crippen molar-refractivity contribution in [3.05, 3.63) is 60.4 Å². The molecule has 0 spiro atoms. The highest BCUT2D eigenvalue weighted by molar-refractivity contribution is 7.92. The summed E-state index contributed by atoms with van der Waals surface area (Å²) in [5, 5.41) is 9.42. The van der Waals surface area contributed by atoms with Crippen LogP contribution in [-0.2, 0) is 10.0 Å². The van der Waals surface area contributed by atoms with E-state index in [1.165, 1.54) is 11.4 Å². The fraction of sp³-hybridized carbons (Fsp3) is 0.385. The summed E-state index contributed by atoms with van der Waals surface area (Å²) < 4.78 is 46.6. The lowest BCUT2D eigenvalue weighted by molar-refractivity contribution is 0.192. The molecule has 4 rings (SSSR count). The van der Waals surface area contributed by atoms with Crippen LogP contribution >= 0.6 is 0 Å². The van der Waals surface area contributed by atoms with Crippen LogP contribution in [0.2, 0.25) is 0 Å². The predicted octanol–water partition coefficient (Wildman–Crippen LogP) is 4.38. The predicted molar refractivity (Wildman–Crippen MR) is 135 cm³/mol. The number of aliphatic hydroxyl groups is 1. The quantitative estimate of drug-likeness (QED) is 0.380. The number of hydrogen-bond donors (Lipinski definition) is 1. The van der Waals surface area contributed by atoms with E-state index >= 15 is 0 Å². The molecular formula is C26H31N3O6S. The summed E-state index contributed by atoms with van der Waals surface area (Å²) in [4.78, 5) is 9.43. The average molecular weight is 514 g/mol. The van der Waals surface area contributed by atoms with Crippen molar-refractivity contribution in [1.82, 2.24) is 9.97 Å². The van der Waals surface area contributed by atoms with Gasteiger partial charge in [-0.05, 0) is 43.0 Å². The van der Waals surface area contributed by atoms with Crippen molar-refractivity contribution in [2.75, 3.05) is 31.2 Å². The highest BCUT2D eigenvalue weighted by atomic mass is 32.2. The molecule has 0 unspecified atom stereocenters. The summed E-state index contributed by atoms with van der Waals surface area (Å²) in [5.41, 5.74) is 0. The summed E-state index contributed by atoms with van der Waals surface area (Å²) in [6.07, 6.45) is 1.81. The monoisotopic (exact) mass is 513 g/mol. The van der Waals surface area contributed by atoms with E-state index in [1.54, 1.807) is 54.6 Å². The zero-order chi connectivity index (χ0) is 25.7. The van der Waals surface area contributed by atoms with Crippen molar-refractivity contribution >= 4 is 15.8 Å². The van der Waals surface area contributed by atoms with Crippen LogP contribution in [-0.4, -0.2) is 50.4 Å². The topological polar surface area (TPSA) is 111 Å². The molecule has 1 fully saturated rings. The number of rotatable bonds is 12. The zero-order valence-corrected chi connectivity index (χ0v) is 21.4. The number of ether oxygens (including phenoxy) is 3. The van der Waals surface area contributed by atoms with E-state index in [2.05, 4.69) is 4.98 Å². The largest absolute Gasteiger partial charge is 0.493 e. The molecule has 1 aliphatic rings. The van der Waals surface area contributed by atoms with Gasteiger partial charge in [0.05, 0.1) is 18.6 Å². The maximum absolute atomic E-state index is 13.9. The second-order valence-corrected chi connectivity index (χ2v) is 10.7. The third-order valence-electron chi connectivity index (χ3n) is 5.49. The second-order valence-electron chi connectivity index (χ2n) is 8.88. The van der Waals surface area contributed by atoms with E-state index < -0.39 is 10.0 Å². The van der Waals surface area contributed by atoms with Gasteiger partial charge in [-0.2, -0.15) is 4.98 Å². The Morgan fingerprint density at radius 2 is 1.69 bits per heavy atom. The molecule has 0 radical (unpaired) electrons. The summed E-state index contributed by atoms with van der Waals surface area (Å²) in [6, 6.07) is 15.2. The van der Waals surface area contributed by atoms with E-state index in [9.17, 15) is 13.5 Å². The van der Waals surface area contributed by atoms with Crippen molar-refractivity contribution < 1.29 is 27.7 Å². The van der Waals surface area contributed by atoms with Crippen molar-refractivity contribution in [2.24, 2.45) is 5.92 Å². The minimum absolute atomic E-state index is 0.0243. The second kappa shape index (κ2) is 11.1. The molecule has 0 amide bonds. The van der Waals surface area contributed by atoms with Crippen LogP contribution in [0.15, 0.2) is 59.5 Å². The van der Waals surface area contributed by atoms with Crippen LogP contribution in [0.1, 0.15) is 38.4 Å². The highest BCUT2D eigenvalue weighted by Gasteiger charge is 2.36. The van der Waals surface area contributed by atoms with Crippen LogP contribution < -0.4 is 18.5 Å². The molecule has 9 nitrogen and oxygen atoms in total. The molecule has 0 aliphatic heterocycles. The number of hydrogen-bond acceptors (Lipinski definition) is 8. The number of nitrogens with zero attached hydrogens (tertiary/aromatic N) is 3. The Morgan fingerprint density at radius 3 is 2.31 bits per heavy atom. The van der Waals surface area contributed by atoms with Gasteiger partial charge < -0.3 is 19.3 Å². The van der Waals surface area contributed by atoms with E-state index in [-0.39, 0.29) is 53.9 Å². The van der Waals surface area contributed by atoms with Crippen LogP contribution in [0.25, 0.3) is 0 Å². The van der Waals surface area contributed by atoms with E-state index in [4.69, 9.17) is 19.2 Å². The van der Waals surface area contributed by atoms with Gasteiger partial charge in [-0.3, -0.25) is 0 Å². The Kier molecular flexibility index (Phi) is 7.95. The van der Waals surface area contributed by atoms with Gasteiger partial charge in [0.1, 0.15) is 12.4 Å². The smallest absolute Gasteiger partial charge is 0.265 e. The Labute approximate surface area is 211 Å². The maximum Gasteiger partial charge on any atom is 0.265 e. The molecule has 2 aromatic carbocycles. The number of anilines is 1. The van der Waals surface area contributed by atoms with Crippen LogP contribution in [0.5, 0.6) is 23.1 Å². The average Bonchev–Trinajstić information content (AvgIpc) is 3.73. The van der Waals surface area contributed by atoms with Gasteiger partial charge in [0.15, 0.2) is 17.3 Å². The molecule has 10 heteroatoms. The molecular weight excluding hydrogens is 482 g/mol. The van der Waals surface area contributed by atoms with Gasteiger partial charge in [0.2, 0.25) is 5.75 Å². The lowest BCUT2D eigenvalue weighted by atomic mass is 10.2. The molecule has 0 atom stereocenters. The molecule has 1 aromatic heterocycles. The van der Waals surface area contributed by atoms with Crippen LogP contribution in [0, 0.1) is 5.92 Å². The van der Waals surface area contributed by atoms with Crippen molar-refractivity contribution in [2.45, 2.75) is 37.5 Å². The lowest BCUT2D eigenvalue weighted by Crippen LogP contribution is -2.35. The Hall–Kier alpha value is -3.37. The SMILES string of the molecule is COc1ccccc1Oc1c(OCCO)nc(C2CC2)nc1N(CC(C)C)S(=O)(=O)c1ccccc1. The first kappa shape index (κ1) is 25.7. The van der Waals surface area contributed by atoms with Crippen LogP contribution in [0.3, 0.4) is 0 Å². The fourth-order valence-electron chi connectivity index (χ4n) is 3.62. The molecule has 1 heterocycles. The molecule has 1 saturated carbocycles. The molecule has 192 valence electrons. The van der Waals surface area contributed by atoms with Gasteiger partial charge in [-0.1, -0.05) is 44.2 Å². The number of para-hydroxylation sites is 2. The summed E-state index contributed by atoms with van der Waals surface area (Å²) in [6.45, 7) is 3.73. The molecule has 1 N–H and O–H groups in total. The van der Waals surface area contributed by atoms with Crippen molar-refractivity contribution in [3.63, 3.8) is 0 Å². The number of aromatic nitrogens is 2. The molecule has 36 heavy (non-hydrogen) atoms. The van der Waals surface area contributed by atoms with Gasteiger partial charge in [-0.15, -0.1) is 0 Å². The van der Waals surface area contributed by atoms with Gasteiger partial charge in [0.25, 0.3) is 15.9 Å². The normalized spacial score (nSPS) is 13.5. The molecule has 3 aromatic rings. The summed E-state index contributed by atoms with van der Waals surface area (Å²) in [7, 11) is -2.49. The Bertz CT molecular complexity index is 1280. The van der Waals surface area contributed by atoms with E-state index in [0.29, 0.717) is 17.3 Å². The highest BCUT2D eigenvalue weighted by Crippen LogP contribution is 2.46. The number of sulfonamides is 1. The first-order chi connectivity index (χ1) is 17.3. The maximum atomic E-state index is 13.9. The third kappa shape index (κ3) is 5.71. The van der Waals surface area contributed by atoms with E-state index in [0.717, 1.165) is 12.8 Å². The van der Waals surface area contributed by atoms with Crippen LogP contribution in [0.4, 0.5) is 5.82 Å². The van der Waals surface area contributed by atoms with Gasteiger partial charge in [-0.25, -0.2) is 17.7 Å². The summed E-state index contributed by atoms with van der Waals surface area (Å²) >= 11 is 0. The first-order valence-electron chi connectivity index (χ1n) is 11.9. The van der Waals surface area contributed by atoms with Gasteiger partial charge in [0, 0.05) is 12.5 Å². The standard InChI is InChI=1S/C26H31N3O6S/c1-18(2)17-29(36(31,32)20-9-5-4-6-10-20)25-23(35-22-12-8-7-11-21(22)33-3)26(34-16-15-30)28-24(27-25)19-13-14-19/h4-12,18-19,30H,13-17H2,1-3H3. The number of methoxy groups -OCH3 is 1. The zero-order valence-electron chi connectivity index (χ0n) is 20.6. The van der Waals surface area contributed by atoms with Gasteiger partial charge >= 0.3 is 0 Å². The van der Waals surface area contributed by atoms with Crippen molar-refractivity contribution in [3.8, 4) is 23.1 Å². The van der Waals surface area contributed by atoms with E-state index in [1.807, 2.05) is 13.8 Å². The molecule has 1 aliphatic carbocycles. The Morgan fingerprint density at radius 1 is 1.03 bits per heavy atom. The number of benzene rings is 2. The number of aliphatic hydroxyl groups excluding tert-OH is 1. The molecule has 0 saturated heterocycles. The lowest BCUT2D eigenvalue weighted by Gasteiger charge is -2.28. The Balaban J connectivity index is 1.94. The van der Waals surface area contributed by atoms with Crippen molar-refractivity contribution in [1.29, 1.82) is 0 Å². The minimum Gasteiger partial charge on any atom is -0.493 e. The fourth-order valence-corrected chi connectivity index (χ4v) is 5.22. The molecule has 0 bridgehead atoms. The minimum atomic E-state index is -4.01.